The second-order valence-corrected chi connectivity index (χ2v) is 7.68. The highest BCUT2D eigenvalue weighted by Gasteiger charge is 2.38. The molecule has 1 heterocycles. The van der Waals surface area contributed by atoms with Crippen LogP contribution in [0.4, 0.5) is 0 Å². The number of amides is 2. The summed E-state index contributed by atoms with van der Waals surface area (Å²) in [5, 5.41) is 2.76. The molecule has 0 bridgehead atoms. The van der Waals surface area contributed by atoms with Gasteiger partial charge in [0.05, 0.1) is 19.1 Å². The van der Waals surface area contributed by atoms with Crippen LogP contribution in [0, 0.1) is 5.92 Å². The Hall–Kier alpha value is -3.35. The zero-order valence-corrected chi connectivity index (χ0v) is 18.0. The average molecular weight is 424 g/mol. The maximum atomic E-state index is 12.6. The summed E-state index contributed by atoms with van der Waals surface area (Å²) in [4.78, 5) is 39.0. The highest BCUT2D eigenvalue weighted by molar-refractivity contribution is 5.89. The monoisotopic (exact) mass is 424 g/mol. The molecule has 3 rings (SSSR count). The maximum Gasteiger partial charge on any atom is 0.312 e. The van der Waals surface area contributed by atoms with Crippen LogP contribution in [-0.2, 0) is 25.7 Å². The molecule has 0 saturated carbocycles. The standard InChI is InChI=1S/C24H28N2O5/c1-16(19-7-5-4-6-8-19)26-15-20(13-22(26)27)24(29)31-17(2)23(28)25-14-18-9-11-21(30-3)12-10-18/h4-12,16-17,20H,13-15H2,1-3H3,(H,25,28)/t16-,17+,20+/m1/s1. The Balaban J connectivity index is 1.49. The number of rotatable bonds is 8. The van der Waals surface area contributed by atoms with Gasteiger partial charge in [-0.25, -0.2) is 0 Å². The lowest BCUT2D eigenvalue weighted by Crippen LogP contribution is -2.37. The molecule has 2 amide bonds. The Morgan fingerprint density at radius 3 is 2.42 bits per heavy atom. The lowest BCUT2D eigenvalue weighted by molar-refractivity contribution is -0.158. The number of ether oxygens (including phenoxy) is 2. The number of esters is 1. The van der Waals surface area contributed by atoms with Crippen LogP contribution in [-0.4, -0.2) is 42.4 Å². The molecule has 0 unspecified atom stereocenters. The third-order valence-electron chi connectivity index (χ3n) is 5.53. The molecule has 1 aliphatic heterocycles. The number of benzene rings is 2. The molecule has 0 spiro atoms. The first kappa shape index (κ1) is 22.3. The number of carbonyl (C=O) groups is 3. The molecule has 7 nitrogen and oxygen atoms in total. The minimum absolute atomic E-state index is 0.0880. The van der Waals surface area contributed by atoms with E-state index in [1.165, 1.54) is 6.92 Å². The highest BCUT2D eigenvalue weighted by Crippen LogP contribution is 2.29. The van der Waals surface area contributed by atoms with E-state index in [2.05, 4.69) is 5.32 Å². The van der Waals surface area contributed by atoms with Gasteiger partial charge < -0.3 is 19.7 Å². The van der Waals surface area contributed by atoms with Crippen molar-refractivity contribution < 1.29 is 23.9 Å². The van der Waals surface area contributed by atoms with E-state index in [0.717, 1.165) is 16.9 Å². The summed E-state index contributed by atoms with van der Waals surface area (Å²) in [5.41, 5.74) is 1.91. The van der Waals surface area contributed by atoms with Crippen LogP contribution in [0.15, 0.2) is 54.6 Å². The van der Waals surface area contributed by atoms with E-state index >= 15 is 0 Å². The summed E-state index contributed by atoms with van der Waals surface area (Å²) in [6.45, 7) is 4.07. The van der Waals surface area contributed by atoms with Gasteiger partial charge in [0.1, 0.15) is 5.75 Å². The van der Waals surface area contributed by atoms with E-state index in [4.69, 9.17) is 9.47 Å². The first-order chi connectivity index (χ1) is 14.9. The summed E-state index contributed by atoms with van der Waals surface area (Å²) >= 11 is 0. The highest BCUT2D eigenvalue weighted by atomic mass is 16.5. The third kappa shape index (κ3) is 5.63. The van der Waals surface area contributed by atoms with Crippen LogP contribution >= 0.6 is 0 Å². The SMILES string of the molecule is COc1ccc(CNC(=O)[C@H](C)OC(=O)[C@H]2CC(=O)N([C@H](C)c3ccccc3)C2)cc1. The van der Waals surface area contributed by atoms with Gasteiger partial charge in [-0.05, 0) is 37.1 Å². The smallest absolute Gasteiger partial charge is 0.312 e. The van der Waals surface area contributed by atoms with Crippen LogP contribution in [0.5, 0.6) is 5.75 Å². The molecule has 1 fully saturated rings. The summed E-state index contributed by atoms with van der Waals surface area (Å²) < 4.78 is 10.5. The van der Waals surface area contributed by atoms with Crippen LogP contribution in [0.1, 0.15) is 37.4 Å². The largest absolute Gasteiger partial charge is 0.497 e. The summed E-state index contributed by atoms with van der Waals surface area (Å²) in [5.74, 6) is -0.837. The molecule has 0 radical (unpaired) electrons. The van der Waals surface area contributed by atoms with Gasteiger partial charge in [-0.3, -0.25) is 14.4 Å². The van der Waals surface area contributed by atoms with Crippen LogP contribution in [0.2, 0.25) is 0 Å². The zero-order valence-electron chi connectivity index (χ0n) is 18.0. The number of carbonyl (C=O) groups excluding carboxylic acids is 3. The summed E-state index contributed by atoms with van der Waals surface area (Å²) in [6.07, 6.45) is -0.850. The lowest BCUT2D eigenvalue weighted by atomic mass is 10.1. The second kappa shape index (κ2) is 10.1. The van der Waals surface area contributed by atoms with Crippen molar-refractivity contribution >= 4 is 17.8 Å². The third-order valence-corrected chi connectivity index (χ3v) is 5.53. The molecule has 3 atom stereocenters. The molecular weight excluding hydrogens is 396 g/mol. The molecule has 1 aliphatic rings. The van der Waals surface area contributed by atoms with Gasteiger partial charge in [-0.2, -0.15) is 0 Å². The Morgan fingerprint density at radius 1 is 1.10 bits per heavy atom. The molecule has 2 aromatic carbocycles. The van der Waals surface area contributed by atoms with Gasteiger partial charge in [0.15, 0.2) is 6.10 Å². The van der Waals surface area contributed by atoms with Crippen molar-refractivity contribution in [2.45, 2.75) is 39.0 Å². The summed E-state index contributed by atoms with van der Waals surface area (Å²) in [7, 11) is 1.59. The fraction of sp³-hybridized carbons (Fsp3) is 0.375. The van der Waals surface area contributed by atoms with Crippen molar-refractivity contribution in [2.24, 2.45) is 5.92 Å². The van der Waals surface area contributed by atoms with Crippen molar-refractivity contribution in [1.29, 1.82) is 0 Å². The number of methoxy groups -OCH3 is 1. The van der Waals surface area contributed by atoms with Crippen molar-refractivity contribution in [3.63, 3.8) is 0 Å². The van der Waals surface area contributed by atoms with Crippen LogP contribution in [0.3, 0.4) is 0 Å². The molecule has 0 aliphatic carbocycles. The van der Waals surface area contributed by atoms with Crippen molar-refractivity contribution in [2.75, 3.05) is 13.7 Å². The first-order valence-corrected chi connectivity index (χ1v) is 10.3. The number of nitrogens with zero attached hydrogens (tertiary/aromatic N) is 1. The second-order valence-electron chi connectivity index (χ2n) is 7.68. The molecule has 7 heteroatoms. The fourth-order valence-corrected chi connectivity index (χ4v) is 3.58. The van der Waals surface area contributed by atoms with Gasteiger partial charge in [0, 0.05) is 19.5 Å². The Labute approximate surface area is 182 Å². The molecule has 1 N–H and O–H groups in total. The average Bonchev–Trinajstić information content (AvgIpc) is 3.19. The molecular formula is C24H28N2O5. The molecule has 2 aromatic rings. The quantitative estimate of drug-likeness (QED) is 0.659. The first-order valence-electron chi connectivity index (χ1n) is 10.3. The maximum absolute atomic E-state index is 12.6. The van der Waals surface area contributed by atoms with E-state index in [9.17, 15) is 14.4 Å². The molecule has 31 heavy (non-hydrogen) atoms. The normalized spacial score (nSPS) is 17.7. The number of likely N-dealkylation sites (tertiary alicyclic amines) is 1. The van der Waals surface area contributed by atoms with E-state index < -0.39 is 18.0 Å². The van der Waals surface area contributed by atoms with E-state index in [0.29, 0.717) is 6.54 Å². The van der Waals surface area contributed by atoms with Crippen LogP contribution in [0.25, 0.3) is 0 Å². The Kier molecular flexibility index (Phi) is 7.28. The fourth-order valence-electron chi connectivity index (χ4n) is 3.58. The predicted molar refractivity (Wildman–Crippen MR) is 115 cm³/mol. The minimum atomic E-state index is -0.943. The van der Waals surface area contributed by atoms with Gasteiger partial charge in [-0.15, -0.1) is 0 Å². The molecule has 164 valence electrons. The van der Waals surface area contributed by atoms with Gasteiger partial charge >= 0.3 is 5.97 Å². The summed E-state index contributed by atoms with van der Waals surface area (Å²) in [6, 6.07) is 16.9. The predicted octanol–water partition coefficient (Wildman–Crippen LogP) is 2.85. The topological polar surface area (TPSA) is 84.9 Å². The number of hydrogen-bond acceptors (Lipinski definition) is 5. The molecule has 0 aromatic heterocycles. The van der Waals surface area contributed by atoms with Gasteiger partial charge in [0.25, 0.3) is 5.91 Å². The number of nitrogens with one attached hydrogen (secondary N) is 1. The minimum Gasteiger partial charge on any atom is -0.497 e. The lowest BCUT2D eigenvalue weighted by Gasteiger charge is -2.25. The molecule has 1 saturated heterocycles. The van der Waals surface area contributed by atoms with Crippen LogP contribution < -0.4 is 10.1 Å². The Morgan fingerprint density at radius 2 is 1.77 bits per heavy atom. The van der Waals surface area contributed by atoms with Crippen molar-refractivity contribution in [1.82, 2.24) is 10.2 Å². The Bertz CT molecular complexity index is 913. The zero-order chi connectivity index (χ0) is 22.4. The van der Waals surface area contributed by atoms with Crippen molar-refractivity contribution in [3.8, 4) is 5.75 Å². The number of hydrogen-bond donors (Lipinski definition) is 1. The van der Waals surface area contributed by atoms with E-state index in [1.54, 1.807) is 12.0 Å². The van der Waals surface area contributed by atoms with E-state index in [-0.39, 0.29) is 30.8 Å². The van der Waals surface area contributed by atoms with E-state index in [1.807, 2.05) is 61.5 Å². The van der Waals surface area contributed by atoms with Gasteiger partial charge in [-0.1, -0.05) is 42.5 Å². The van der Waals surface area contributed by atoms with Crippen molar-refractivity contribution in [3.05, 3.63) is 65.7 Å². The van der Waals surface area contributed by atoms with Gasteiger partial charge in [0.2, 0.25) is 5.91 Å².